The molecule has 0 aliphatic carbocycles. The molecule has 6 heteroatoms. The summed E-state index contributed by atoms with van der Waals surface area (Å²) in [4.78, 5) is 0. The van der Waals surface area contributed by atoms with E-state index in [4.69, 9.17) is 4.74 Å². The van der Waals surface area contributed by atoms with Crippen LogP contribution in [0.4, 0.5) is 0 Å². The van der Waals surface area contributed by atoms with E-state index in [0.29, 0.717) is 5.75 Å². The fourth-order valence-electron chi connectivity index (χ4n) is 1.13. The molecule has 88 valence electrons. The first-order chi connectivity index (χ1) is 7.51. The number of hydrogen-bond donors (Lipinski definition) is 0. The van der Waals surface area contributed by atoms with Crippen molar-refractivity contribution < 1.29 is 47.3 Å². The van der Waals surface area contributed by atoms with Gasteiger partial charge in [-0.15, -0.1) is 0 Å². The van der Waals surface area contributed by atoms with Gasteiger partial charge in [-0.2, -0.15) is 0 Å². The molecule has 0 N–H and O–H groups in total. The van der Waals surface area contributed by atoms with Gasteiger partial charge < -0.3 is 9.29 Å². The minimum atomic E-state index is -4.13. The van der Waals surface area contributed by atoms with E-state index in [0.717, 1.165) is 5.56 Å². The van der Waals surface area contributed by atoms with Gasteiger partial charge in [-0.1, -0.05) is 24.8 Å². The molecule has 0 atom stereocenters. The maximum absolute atomic E-state index is 10.3. The number of benzene rings is 1. The Morgan fingerprint density at radius 3 is 2.35 bits per heavy atom. The van der Waals surface area contributed by atoms with Crippen LogP contribution < -0.4 is 34.3 Å². The van der Waals surface area contributed by atoms with Gasteiger partial charge in [0.2, 0.25) is 0 Å². The SMILES string of the molecule is C=Cc1ccc(OCCCS(=O)(=O)[O-])cc1.[Na+]. The van der Waals surface area contributed by atoms with Crippen LogP contribution >= 0.6 is 0 Å². The molecule has 1 aromatic rings. The largest absolute Gasteiger partial charge is 1.00 e. The van der Waals surface area contributed by atoms with Crippen LogP contribution in [0.2, 0.25) is 0 Å². The van der Waals surface area contributed by atoms with Gasteiger partial charge in [0.25, 0.3) is 0 Å². The van der Waals surface area contributed by atoms with Crippen molar-refractivity contribution in [3.63, 3.8) is 0 Å². The monoisotopic (exact) mass is 264 g/mol. The molecular formula is C11H13NaO4S. The number of rotatable bonds is 6. The summed E-state index contributed by atoms with van der Waals surface area (Å²) in [5.74, 6) is 0.256. The van der Waals surface area contributed by atoms with Crippen molar-refractivity contribution in [2.45, 2.75) is 6.42 Å². The number of ether oxygens (including phenoxy) is 1. The van der Waals surface area contributed by atoms with Crippen LogP contribution in [0, 0.1) is 0 Å². The topological polar surface area (TPSA) is 66.4 Å². The third-order valence-electron chi connectivity index (χ3n) is 1.92. The van der Waals surface area contributed by atoms with Crippen LogP contribution in [0.1, 0.15) is 12.0 Å². The van der Waals surface area contributed by atoms with Crippen LogP contribution in [-0.4, -0.2) is 25.3 Å². The minimum absolute atomic E-state index is 0. The predicted molar refractivity (Wildman–Crippen MR) is 61.2 cm³/mol. The Morgan fingerprint density at radius 2 is 1.88 bits per heavy atom. The Morgan fingerprint density at radius 1 is 1.29 bits per heavy atom. The van der Waals surface area contributed by atoms with Gasteiger partial charge in [0.05, 0.1) is 16.7 Å². The van der Waals surface area contributed by atoms with Crippen LogP contribution in [0.5, 0.6) is 5.75 Å². The summed E-state index contributed by atoms with van der Waals surface area (Å²) in [5.41, 5.74) is 0.981. The fourth-order valence-corrected chi connectivity index (χ4v) is 1.60. The van der Waals surface area contributed by atoms with Crippen molar-refractivity contribution in [1.29, 1.82) is 0 Å². The van der Waals surface area contributed by atoms with Crippen molar-refractivity contribution in [1.82, 2.24) is 0 Å². The number of hydrogen-bond acceptors (Lipinski definition) is 4. The Hall–Kier alpha value is -0.330. The molecule has 4 nitrogen and oxygen atoms in total. The Labute approximate surface area is 124 Å². The average molecular weight is 264 g/mol. The van der Waals surface area contributed by atoms with E-state index < -0.39 is 15.9 Å². The predicted octanol–water partition coefficient (Wildman–Crippen LogP) is -1.35. The van der Waals surface area contributed by atoms with Gasteiger partial charge >= 0.3 is 29.6 Å². The molecule has 0 fully saturated rings. The van der Waals surface area contributed by atoms with Crippen LogP contribution in [0.3, 0.4) is 0 Å². The molecule has 0 aromatic heterocycles. The van der Waals surface area contributed by atoms with Crippen molar-refractivity contribution in [2.24, 2.45) is 0 Å². The maximum Gasteiger partial charge on any atom is 1.00 e. The molecule has 0 aliphatic heterocycles. The summed E-state index contributed by atoms with van der Waals surface area (Å²) < 4.78 is 36.2. The van der Waals surface area contributed by atoms with Gasteiger partial charge in [0.15, 0.2) is 0 Å². The summed E-state index contributed by atoms with van der Waals surface area (Å²) in [7, 11) is -4.13. The van der Waals surface area contributed by atoms with E-state index >= 15 is 0 Å². The van der Waals surface area contributed by atoms with Gasteiger partial charge in [-0.25, -0.2) is 8.42 Å². The normalized spacial score (nSPS) is 10.4. The Kier molecular flexibility index (Phi) is 7.74. The molecule has 0 saturated heterocycles. The molecule has 0 radical (unpaired) electrons. The molecule has 0 saturated carbocycles. The molecule has 0 spiro atoms. The molecule has 0 amide bonds. The fraction of sp³-hybridized carbons (Fsp3) is 0.273. The summed E-state index contributed by atoms with van der Waals surface area (Å²) in [5, 5.41) is 0. The summed E-state index contributed by atoms with van der Waals surface area (Å²) in [6.45, 7) is 3.84. The van der Waals surface area contributed by atoms with E-state index in [1.165, 1.54) is 0 Å². The molecular weight excluding hydrogens is 251 g/mol. The van der Waals surface area contributed by atoms with Gasteiger partial charge in [0.1, 0.15) is 5.75 Å². The zero-order valence-corrected chi connectivity index (χ0v) is 12.6. The van der Waals surface area contributed by atoms with E-state index in [1.807, 2.05) is 12.1 Å². The molecule has 1 rings (SSSR count). The van der Waals surface area contributed by atoms with Crippen LogP contribution in [0.15, 0.2) is 30.8 Å². The first-order valence-corrected chi connectivity index (χ1v) is 6.38. The Bertz CT molecular complexity index is 439. The summed E-state index contributed by atoms with van der Waals surface area (Å²) in [6, 6.07) is 7.21. The zero-order valence-electron chi connectivity index (χ0n) is 9.76. The molecule has 0 heterocycles. The molecule has 0 unspecified atom stereocenters. The van der Waals surface area contributed by atoms with Gasteiger partial charge in [0, 0.05) is 5.75 Å². The van der Waals surface area contributed by atoms with E-state index in [1.54, 1.807) is 18.2 Å². The van der Waals surface area contributed by atoms with Crippen molar-refractivity contribution in [3.05, 3.63) is 36.4 Å². The summed E-state index contributed by atoms with van der Waals surface area (Å²) >= 11 is 0. The second-order valence-corrected chi connectivity index (χ2v) is 4.76. The van der Waals surface area contributed by atoms with Crippen molar-refractivity contribution >= 4 is 16.2 Å². The van der Waals surface area contributed by atoms with Crippen molar-refractivity contribution in [3.8, 4) is 5.75 Å². The standard InChI is InChI=1S/C11H14O4S.Na/c1-2-10-4-6-11(7-5-10)15-8-3-9-16(12,13)14;/h2,4-7H,1,3,8-9H2,(H,12,13,14);/q;+1/p-1. The minimum Gasteiger partial charge on any atom is -0.748 e. The molecule has 0 aliphatic rings. The van der Waals surface area contributed by atoms with Crippen LogP contribution in [-0.2, 0) is 10.1 Å². The second-order valence-electron chi connectivity index (χ2n) is 3.24. The maximum atomic E-state index is 10.3. The quantitative estimate of drug-likeness (QED) is 0.362. The third-order valence-corrected chi connectivity index (χ3v) is 2.71. The first-order valence-electron chi connectivity index (χ1n) is 4.80. The molecule has 1 aromatic carbocycles. The van der Waals surface area contributed by atoms with E-state index in [-0.39, 0.29) is 42.6 Å². The molecule has 0 bridgehead atoms. The Balaban J connectivity index is 0.00000256. The van der Waals surface area contributed by atoms with Crippen molar-refractivity contribution in [2.75, 3.05) is 12.4 Å². The van der Waals surface area contributed by atoms with E-state index in [2.05, 4.69) is 6.58 Å². The summed E-state index contributed by atoms with van der Waals surface area (Å²) in [6.07, 6.45) is 1.92. The van der Waals surface area contributed by atoms with E-state index in [9.17, 15) is 13.0 Å². The zero-order chi connectivity index (χ0) is 12.0. The third kappa shape index (κ3) is 7.57. The van der Waals surface area contributed by atoms with Crippen LogP contribution in [0.25, 0.3) is 6.08 Å². The van der Waals surface area contributed by atoms with Gasteiger partial charge in [-0.05, 0) is 24.1 Å². The average Bonchev–Trinajstić information content (AvgIpc) is 2.24. The smallest absolute Gasteiger partial charge is 0.748 e. The second kappa shape index (κ2) is 7.89. The molecule has 17 heavy (non-hydrogen) atoms. The van der Waals surface area contributed by atoms with Gasteiger partial charge in [-0.3, -0.25) is 0 Å². The first kappa shape index (κ1) is 16.7.